The van der Waals surface area contributed by atoms with Gasteiger partial charge < -0.3 is 0 Å². The minimum absolute atomic E-state index is 0.513. The van der Waals surface area contributed by atoms with Gasteiger partial charge in [0.1, 0.15) is 0 Å². The maximum atomic E-state index is 6.17. The van der Waals surface area contributed by atoms with Crippen molar-refractivity contribution in [1.82, 2.24) is 0 Å². The van der Waals surface area contributed by atoms with E-state index in [1.807, 2.05) is 0 Å². The van der Waals surface area contributed by atoms with Crippen molar-refractivity contribution < 1.29 is 0 Å². The van der Waals surface area contributed by atoms with Crippen molar-refractivity contribution in [2.24, 2.45) is 23.7 Å². The van der Waals surface area contributed by atoms with Crippen molar-refractivity contribution in [3.05, 3.63) is 0 Å². The van der Waals surface area contributed by atoms with E-state index in [0.29, 0.717) is 5.38 Å². The number of hydrogen-bond acceptors (Lipinski definition) is 0. The first-order valence-corrected chi connectivity index (χ1v) is 6.89. The van der Waals surface area contributed by atoms with Gasteiger partial charge in [0, 0.05) is 5.38 Å². The van der Waals surface area contributed by atoms with E-state index in [2.05, 4.69) is 0 Å². The van der Waals surface area contributed by atoms with Crippen LogP contribution < -0.4 is 0 Å². The van der Waals surface area contributed by atoms with E-state index in [9.17, 15) is 0 Å². The Hall–Kier alpha value is 0.290. The molecule has 0 aromatic carbocycles. The topological polar surface area (TPSA) is 0 Å². The van der Waals surface area contributed by atoms with Crippen LogP contribution in [0.4, 0.5) is 0 Å². The summed E-state index contributed by atoms with van der Waals surface area (Å²) in [6.45, 7) is 0. The molecule has 80 valence electrons. The van der Waals surface area contributed by atoms with E-state index in [-0.39, 0.29) is 0 Å². The zero-order chi connectivity index (χ0) is 9.54. The quantitative estimate of drug-likeness (QED) is 0.602. The van der Waals surface area contributed by atoms with Crippen LogP contribution in [0.1, 0.15) is 51.4 Å². The number of hydrogen-bond donors (Lipinski definition) is 0. The lowest BCUT2D eigenvalue weighted by atomic mass is 9.82. The molecule has 0 spiro atoms. The zero-order valence-electron chi connectivity index (χ0n) is 8.92. The number of fused-ring (bicyclic) bond motifs is 2. The molecule has 0 N–H and O–H groups in total. The molecule has 3 saturated carbocycles. The maximum absolute atomic E-state index is 6.17. The third kappa shape index (κ3) is 1.71. The van der Waals surface area contributed by atoms with Gasteiger partial charge in [-0.15, -0.1) is 11.6 Å². The molecular weight excluding hydrogens is 192 g/mol. The first kappa shape index (κ1) is 9.51. The molecule has 0 aliphatic heterocycles. The summed E-state index contributed by atoms with van der Waals surface area (Å²) in [6, 6.07) is 0. The van der Waals surface area contributed by atoms with Gasteiger partial charge in [-0.3, -0.25) is 0 Å². The fraction of sp³-hybridized carbons (Fsp3) is 1.00. The molecule has 3 fully saturated rings. The molecule has 0 aromatic rings. The van der Waals surface area contributed by atoms with E-state index in [1.165, 1.54) is 25.7 Å². The largest absolute Gasteiger partial charge is 0.123 e. The van der Waals surface area contributed by atoms with Gasteiger partial charge in [-0.2, -0.15) is 0 Å². The van der Waals surface area contributed by atoms with Crippen molar-refractivity contribution >= 4 is 11.6 Å². The van der Waals surface area contributed by atoms with Crippen molar-refractivity contribution in [2.75, 3.05) is 0 Å². The van der Waals surface area contributed by atoms with E-state index < -0.39 is 0 Å². The van der Waals surface area contributed by atoms with E-state index in [0.717, 1.165) is 23.7 Å². The lowest BCUT2D eigenvalue weighted by molar-refractivity contribution is 0.269. The summed E-state index contributed by atoms with van der Waals surface area (Å²) in [4.78, 5) is 0. The molecule has 0 nitrogen and oxygen atoms in total. The first-order chi connectivity index (χ1) is 6.81. The van der Waals surface area contributed by atoms with Crippen LogP contribution in [0.25, 0.3) is 0 Å². The predicted molar refractivity (Wildman–Crippen MR) is 60.5 cm³/mol. The van der Waals surface area contributed by atoms with Gasteiger partial charge in [-0.25, -0.2) is 0 Å². The third-order valence-corrected chi connectivity index (χ3v) is 5.39. The standard InChI is InChI=1S/C13H21Cl/c14-13-4-2-10(8-13)7-12-6-9-1-3-11(12)5-9/h9-13H,1-8H2. The molecule has 2 bridgehead atoms. The molecule has 5 unspecified atom stereocenters. The Morgan fingerprint density at radius 3 is 2.43 bits per heavy atom. The monoisotopic (exact) mass is 212 g/mol. The van der Waals surface area contributed by atoms with Gasteiger partial charge in [-0.1, -0.05) is 6.42 Å². The average Bonchev–Trinajstić information content (AvgIpc) is 2.82. The Bertz CT molecular complexity index is 213. The molecule has 0 radical (unpaired) electrons. The second-order valence-electron chi connectivity index (χ2n) is 5.95. The van der Waals surface area contributed by atoms with Gasteiger partial charge >= 0.3 is 0 Å². The third-order valence-electron chi connectivity index (χ3n) is 5.00. The molecule has 0 amide bonds. The van der Waals surface area contributed by atoms with Crippen molar-refractivity contribution in [3.8, 4) is 0 Å². The van der Waals surface area contributed by atoms with Crippen LogP contribution in [0.15, 0.2) is 0 Å². The summed E-state index contributed by atoms with van der Waals surface area (Å²) in [7, 11) is 0. The second-order valence-corrected chi connectivity index (χ2v) is 6.56. The summed E-state index contributed by atoms with van der Waals surface area (Å²) in [5.74, 6) is 4.33. The lowest BCUT2D eigenvalue weighted by Gasteiger charge is -2.24. The van der Waals surface area contributed by atoms with Crippen molar-refractivity contribution in [1.29, 1.82) is 0 Å². The molecule has 5 atom stereocenters. The Morgan fingerprint density at radius 1 is 0.929 bits per heavy atom. The normalized spacial score (nSPS) is 51.6. The molecule has 1 heteroatoms. The smallest absolute Gasteiger partial charge is 0.0338 e. The van der Waals surface area contributed by atoms with Crippen LogP contribution in [0.5, 0.6) is 0 Å². The SMILES string of the molecule is ClC1CCC(CC2CC3CCC2C3)C1. The Balaban J connectivity index is 1.53. The summed E-state index contributed by atoms with van der Waals surface area (Å²) in [5.41, 5.74) is 0. The Morgan fingerprint density at radius 2 is 1.86 bits per heavy atom. The van der Waals surface area contributed by atoms with Crippen LogP contribution in [-0.2, 0) is 0 Å². The maximum Gasteiger partial charge on any atom is 0.0338 e. The minimum atomic E-state index is 0.513. The van der Waals surface area contributed by atoms with E-state index >= 15 is 0 Å². The Kier molecular flexibility index (Phi) is 2.51. The summed E-state index contributed by atoms with van der Waals surface area (Å²) in [5, 5.41) is 0.513. The van der Waals surface area contributed by atoms with Crippen molar-refractivity contribution in [2.45, 2.75) is 56.7 Å². The highest BCUT2D eigenvalue weighted by Gasteiger charge is 2.40. The van der Waals surface area contributed by atoms with Gasteiger partial charge in [0.15, 0.2) is 0 Å². The fourth-order valence-corrected chi connectivity index (χ4v) is 4.70. The fourth-order valence-electron chi connectivity index (χ4n) is 4.32. The van der Waals surface area contributed by atoms with E-state index in [1.54, 1.807) is 25.7 Å². The molecule has 3 aliphatic rings. The predicted octanol–water partition coefficient (Wildman–Crippen LogP) is 4.22. The first-order valence-electron chi connectivity index (χ1n) is 6.45. The lowest BCUT2D eigenvalue weighted by Crippen LogP contribution is -2.14. The second kappa shape index (κ2) is 3.70. The van der Waals surface area contributed by atoms with Gasteiger partial charge in [0.2, 0.25) is 0 Å². The van der Waals surface area contributed by atoms with Crippen molar-refractivity contribution in [3.63, 3.8) is 0 Å². The molecule has 3 aliphatic carbocycles. The summed E-state index contributed by atoms with van der Waals surface area (Å²) < 4.78 is 0. The molecule has 0 saturated heterocycles. The molecular formula is C13H21Cl. The highest BCUT2D eigenvalue weighted by Crippen LogP contribution is 2.51. The highest BCUT2D eigenvalue weighted by molar-refractivity contribution is 6.20. The molecule has 3 rings (SSSR count). The van der Waals surface area contributed by atoms with Crippen LogP contribution in [0.3, 0.4) is 0 Å². The number of alkyl halides is 1. The molecule has 0 heterocycles. The van der Waals surface area contributed by atoms with Gasteiger partial charge in [0.25, 0.3) is 0 Å². The zero-order valence-corrected chi connectivity index (χ0v) is 9.68. The molecule has 0 aromatic heterocycles. The van der Waals surface area contributed by atoms with Crippen LogP contribution in [0, 0.1) is 23.7 Å². The van der Waals surface area contributed by atoms with Gasteiger partial charge in [-0.05, 0) is 68.6 Å². The van der Waals surface area contributed by atoms with Crippen LogP contribution >= 0.6 is 11.6 Å². The summed E-state index contributed by atoms with van der Waals surface area (Å²) >= 11 is 6.17. The van der Waals surface area contributed by atoms with Crippen LogP contribution in [-0.4, -0.2) is 5.38 Å². The number of halogens is 1. The van der Waals surface area contributed by atoms with Crippen LogP contribution in [0.2, 0.25) is 0 Å². The molecule has 14 heavy (non-hydrogen) atoms. The Labute approximate surface area is 92.4 Å². The summed E-state index contributed by atoms with van der Waals surface area (Å²) in [6.07, 6.45) is 11.8. The number of rotatable bonds is 2. The van der Waals surface area contributed by atoms with E-state index in [4.69, 9.17) is 11.6 Å². The van der Waals surface area contributed by atoms with Gasteiger partial charge in [0.05, 0.1) is 0 Å². The minimum Gasteiger partial charge on any atom is -0.123 e. The average molecular weight is 213 g/mol. The highest BCUT2D eigenvalue weighted by atomic mass is 35.5.